The number of carbonyl (C=O) groups is 1. The van der Waals surface area contributed by atoms with Crippen molar-refractivity contribution in [1.82, 2.24) is 24.8 Å². The molecule has 0 saturated heterocycles. The SMILES string of the molecule is Cc1ccc(C)c(NC(=O)Nc2cccc(-c3ccc4nnc(-c5ccccn5)n4n3)c2)c1. The Kier molecular flexibility index (Phi) is 5.24. The molecule has 8 heteroatoms. The highest BCUT2D eigenvalue weighted by Gasteiger charge is 2.12. The fourth-order valence-corrected chi connectivity index (χ4v) is 3.51. The number of nitrogens with one attached hydrogen (secondary N) is 2. The maximum Gasteiger partial charge on any atom is 0.323 e. The van der Waals surface area contributed by atoms with E-state index in [-0.39, 0.29) is 6.03 Å². The maximum absolute atomic E-state index is 12.6. The number of aryl methyl sites for hydroxylation is 2. The van der Waals surface area contributed by atoms with Crippen LogP contribution in [0.4, 0.5) is 16.2 Å². The normalized spacial score (nSPS) is 10.8. The second kappa shape index (κ2) is 8.51. The molecule has 3 aromatic heterocycles. The number of benzene rings is 2. The molecule has 0 aliphatic heterocycles. The third-order valence-electron chi connectivity index (χ3n) is 5.21. The van der Waals surface area contributed by atoms with E-state index in [1.807, 2.05) is 86.6 Å². The van der Waals surface area contributed by atoms with Crippen molar-refractivity contribution >= 4 is 23.1 Å². The molecule has 2 N–H and O–H groups in total. The predicted octanol–water partition coefficient (Wildman–Crippen LogP) is 5.11. The maximum atomic E-state index is 12.6. The zero-order valence-corrected chi connectivity index (χ0v) is 18.1. The summed E-state index contributed by atoms with van der Waals surface area (Å²) >= 11 is 0. The fourth-order valence-electron chi connectivity index (χ4n) is 3.51. The molecule has 162 valence electrons. The molecule has 5 aromatic rings. The number of pyridine rings is 1. The molecule has 0 unspecified atom stereocenters. The molecule has 5 rings (SSSR count). The molecule has 0 radical (unpaired) electrons. The highest BCUT2D eigenvalue weighted by Crippen LogP contribution is 2.23. The van der Waals surface area contributed by atoms with Gasteiger partial charge < -0.3 is 10.6 Å². The topological polar surface area (TPSA) is 97.1 Å². The van der Waals surface area contributed by atoms with Crippen molar-refractivity contribution in [2.75, 3.05) is 10.6 Å². The van der Waals surface area contributed by atoms with E-state index in [0.717, 1.165) is 28.1 Å². The Balaban J connectivity index is 1.41. The summed E-state index contributed by atoms with van der Waals surface area (Å²) in [5, 5.41) is 18.9. The zero-order chi connectivity index (χ0) is 22.8. The number of hydrogen-bond acceptors (Lipinski definition) is 5. The third kappa shape index (κ3) is 4.27. The van der Waals surface area contributed by atoms with E-state index >= 15 is 0 Å². The number of urea groups is 1. The van der Waals surface area contributed by atoms with Crippen molar-refractivity contribution in [1.29, 1.82) is 0 Å². The zero-order valence-electron chi connectivity index (χ0n) is 18.1. The van der Waals surface area contributed by atoms with Gasteiger partial charge in [-0.05, 0) is 67.4 Å². The molecular weight excluding hydrogens is 414 g/mol. The van der Waals surface area contributed by atoms with Gasteiger partial charge >= 0.3 is 6.03 Å². The Morgan fingerprint density at radius 1 is 0.848 bits per heavy atom. The summed E-state index contributed by atoms with van der Waals surface area (Å²) in [6, 6.07) is 22.5. The summed E-state index contributed by atoms with van der Waals surface area (Å²) < 4.78 is 1.67. The first kappa shape index (κ1) is 20.3. The first-order valence-electron chi connectivity index (χ1n) is 10.5. The van der Waals surface area contributed by atoms with E-state index in [1.54, 1.807) is 10.7 Å². The number of nitrogens with zero attached hydrogens (tertiary/aromatic N) is 5. The minimum atomic E-state index is -0.305. The molecule has 0 saturated carbocycles. The Labute approximate surface area is 190 Å². The van der Waals surface area contributed by atoms with Gasteiger partial charge in [0.25, 0.3) is 0 Å². The van der Waals surface area contributed by atoms with Crippen LogP contribution >= 0.6 is 0 Å². The summed E-state index contributed by atoms with van der Waals surface area (Å²) in [5.41, 5.74) is 6.41. The fraction of sp³-hybridized carbons (Fsp3) is 0.0800. The Bertz CT molecular complexity index is 1460. The van der Waals surface area contributed by atoms with Gasteiger partial charge in [0.1, 0.15) is 5.69 Å². The average molecular weight is 435 g/mol. The Morgan fingerprint density at radius 3 is 2.61 bits per heavy atom. The van der Waals surface area contributed by atoms with Crippen molar-refractivity contribution < 1.29 is 4.79 Å². The van der Waals surface area contributed by atoms with Crippen LogP contribution in [0.25, 0.3) is 28.4 Å². The first-order valence-corrected chi connectivity index (χ1v) is 10.5. The number of amides is 2. The van der Waals surface area contributed by atoms with Crippen molar-refractivity contribution in [3.63, 3.8) is 0 Å². The van der Waals surface area contributed by atoms with Gasteiger partial charge in [-0.25, -0.2) is 4.79 Å². The predicted molar refractivity (Wildman–Crippen MR) is 128 cm³/mol. The number of anilines is 2. The highest BCUT2D eigenvalue weighted by molar-refractivity contribution is 6.00. The van der Waals surface area contributed by atoms with Gasteiger partial charge in [0.05, 0.1) is 5.69 Å². The van der Waals surface area contributed by atoms with Gasteiger partial charge in [-0.1, -0.05) is 30.3 Å². The van der Waals surface area contributed by atoms with E-state index in [9.17, 15) is 4.79 Å². The quantitative estimate of drug-likeness (QED) is 0.409. The molecule has 33 heavy (non-hydrogen) atoms. The highest BCUT2D eigenvalue weighted by atomic mass is 16.2. The van der Waals surface area contributed by atoms with Crippen LogP contribution in [0.5, 0.6) is 0 Å². The standard InChI is InChI=1S/C25H21N7O/c1-16-9-10-17(2)22(14-16)28-25(33)27-19-7-5-6-18(15-19)20-11-12-23-29-30-24(32(23)31-20)21-8-3-4-13-26-21/h3-15H,1-2H3,(H2,27,28,33). The van der Waals surface area contributed by atoms with Crippen LogP contribution in [0.3, 0.4) is 0 Å². The van der Waals surface area contributed by atoms with E-state index < -0.39 is 0 Å². The molecule has 0 spiro atoms. The molecule has 8 nitrogen and oxygen atoms in total. The van der Waals surface area contributed by atoms with Crippen LogP contribution in [0.15, 0.2) is 79.0 Å². The lowest BCUT2D eigenvalue weighted by molar-refractivity contribution is 0.262. The van der Waals surface area contributed by atoms with Gasteiger partial charge in [-0.15, -0.1) is 10.2 Å². The second-order valence-corrected chi connectivity index (χ2v) is 7.71. The number of rotatable bonds is 4. The lowest BCUT2D eigenvalue weighted by atomic mass is 10.1. The second-order valence-electron chi connectivity index (χ2n) is 7.71. The number of aromatic nitrogens is 5. The van der Waals surface area contributed by atoms with Crippen LogP contribution in [0.2, 0.25) is 0 Å². The molecule has 0 bridgehead atoms. The molecule has 0 atom stereocenters. The molecule has 2 amide bonds. The van der Waals surface area contributed by atoms with E-state index in [2.05, 4.69) is 25.8 Å². The molecule has 2 aromatic carbocycles. The minimum absolute atomic E-state index is 0.305. The van der Waals surface area contributed by atoms with Crippen LogP contribution in [-0.4, -0.2) is 30.8 Å². The van der Waals surface area contributed by atoms with E-state index in [4.69, 9.17) is 5.10 Å². The average Bonchev–Trinajstić information content (AvgIpc) is 3.25. The van der Waals surface area contributed by atoms with Crippen LogP contribution in [0, 0.1) is 13.8 Å². The van der Waals surface area contributed by atoms with Gasteiger partial charge in [0, 0.05) is 23.1 Å². The lowest BCUT2D eigenvalue weighted by Gasteiger charge is -2.11. The largest absolute Gasteiger partial charge is 0.323 e. The molecular formula is C25H21N7O. The first-order chi connectivity index (χ1) is 16.1. The summed E-state index contributed by atoms with van der Waals surface area (Å²) in [5.74, 6) is 0.564. The summed E-state index contributed by atoms with van der Waals surface area (Å²) in [4.78, 5) is 16.9. The summed E-state index contributed by atoms with van der Waals surface area (Å²) in [6.45, 7) is 3.95. The lowest BCUT2D eigenvalue weighted by Crippen LogP contribution is -2.20. The number of fused-ring (bicyclic) bond motifs is 1. The van der Waals surface area contributed by atoms with Crippen LogP contribution in [-0.2, 0) is 0 Å². The van der Waals surface area contributed by atoms with Crippen molar-refractivity contribution in [3.8, 4) is 22.8 Å². The molecule has 3 heterocycles. The number of carbonyl (C=O) groups excluding carboxylic acids is 1. The third-order valence-corrected chi connectivity index (χ3v) is 5.21. The van der Waals surface area contributed by atoms with Crippen molar-refractivity contribution in [3.05, 3.63) is 90.1 Å². The van der Waals surface area contributed by atoms with Gasteiger partial charge in [0.2, 0.25) is 5.82 Å². The molecule has 0 aliphatic carbocycles. The van der Waals surface area contributed by atoms with Gasteiger partial charge in [-0.3, -0.25) is 4.98 Å². The minimum Gasteiger partial charge on any atom is -0.308 e. The van der Waals surface area contributed by atoms with E-state index in [0.29, 0.717) is 22.9 Å². The van der Waals surface area contributed by atoms with Gasteiger partial charge in [-0.2, -0.15) is 9.61 Å². The molecule has 0 aliphatic rings. The van der Waals surface area contributed by atoms with Crippen molar-refractivity contribution in [2.24, 2.45) is 0 Å². The van der Waals surface area contributed by atoms with Crippen molar-refractivity contribution in [2.45, 2.75) is 13.8 Å². The Hall–Kier alpha value is -4.59. The van der Waals surface area contributed by atoms with E-state index in [1.165, 1.54) is 0 Å². The summed E-state index contributed by atoms with van der Waals surface area (Å²) in [7, 11) is 0. The molecule has 0 fully saturated rings. The van der Waals surface area contributed by atoms with Crippen LogP contribution < -0.4 is 10.6 Å². The van der Waals surface area contributed by atoms with Gasteiger partial charge in [0.15, 0.2) is 5.65 Å². The Morgan fingerprint density at radius 2 is 1.76 bits per heavy atom. The number of hydrogen-bond donors (Lipinski definition) is 2. The smallest absolute Gasteiger partial charge is 0.308 e. The monoisotopic (exact) mass is 435 g/mol. The summed E-state index contributed by atoms with van der Waals surface area (Å²) in [6.07, 6.45) is 1.71. The van der Waals surface area contributed by atoms with Crippen LogP contribution in [0.1, 0.15) is 11.1 Å².